The van der Waals surface area contributed by atoms with Gasteiger partial charge in [0.1, 0.15) is 22.6 Å². The highest BCUT2D eigenvalue weighted by Gasteiger charge is 2.42. The van der Waals surface area contributed by atoms with Crippen LogP contribution in [0.3, 0.4) is 0 Å². The number of imidazole rings is 1. The SMILES string of the molecule is C[C@]1(CN2Cc3nc(-c4ccc(F)cc4Cl)sc3C2)Cn2cc([N+](=O)[O-])nc2O1.S. The molecule has 5 rings (SSSR count). The Balaban J connectivity index is 0.00000218. The third kappa shape index (κ3) is 3.66. The third-order valence-electron chi connectivity index (χ3n) is 5.00. The minimum Gasteiger partial charge on any atom is -0.436 e. The molecule has 0 saturated carbocycles. The summed E-state index contributed by atoms with van der Waals surface area (Å²) in [5, 5.41) is 12.0. The molecule has 3 aromatic rings. The van der Waals surface area contributed by atoms with Gasteiger partial charge in [-0.3, -0.25) is 9.47 Å². The Bertz CT molecular complexity index is 1100. The summed E-state index contributed by atoms with van der Waals surface area (Å²) in [6.45, 7) is 4.51. The monoisotopic (exact) mass is 469 g/mol. The van der Waals surface area contributed by atoms with Crippen LogP contribution in [0.5, 0.6) is 6.01 Å². The zero-order valence-electron chi connectivity index (χ0n) is 15.8. The zero-order chi connectivity index (χ0) is 20.3. The summed E-state index contributed by atoms with van der Waals surface area (Å²) >= 11 is 7.72. The summed E-state index contributed by atoms with van der Waals surface area (Å²) in [6.07, 6.45) is 1.40. The third-order valence-corrected chi connectivity index (χ3v) is 6.42. The van der Waals surface area contributed by atoms with Crippen molar-refractivity contribution in [3.8, 4) is 16.6 Å². The van der Waals surface area contributed by atoms with Gasteiger partial charge in [0.15, 0.2) is 0 Å². The molecule has 2 aromatic heterocycles. The van der Waals surface area contributed by atoms with E-state index in [2.05, 4.69) is 9.88 Å². The lowest BCUT2D eigenvalue weighted by Gasteiger charge is -2.27. The second kappa shape index (κ2) is 7.49. The van der Waals surface area contributed by atoms with Gasteiger partial charge in [-0.1, -0.05) is 11.6 Å². The fourth-order valence-corrected chi connectivity index (χ4v) is 5.29. The van der Waals surface area contributed by atoms with Crippen LogP contribution in [0.15, 0.2) is 24.4 Å². The number of aromatic nitrogens is 3. The molecule has 4 heterocycles. The summed E-state index contributed by atoms with van der Waals surface area (Å²) in [5.41, 5.74) is 1.20. The standard InChI is InChI=1S/C18H15ClFN5O3S.H2S/c1-18(9-24-7-15(25(26)27)22-17(24)28-18)8-23-5-13-14(6-23)29-16(21-13)11-3-2-10(20)4-12(11)19;/h2-4,7H,5-6,8-9H2,1H3;1H2/t18-;/m0./s1. The van der Waals surface area contributed by atoms with Gasteiger partial charge in [0.25, 0.3) is 0 Å². The Morgan fingerprint density at radius 3 is 2.87 bits per heavy atom. The van der Waals surface area contributed by atoms with Gasteiger partial charge in [-0.2, -0.15) is 13.5 Å². The number of ether oxygens (including phenoxy) is 1. The number of hydrogen-bond donors (Lipinski definition) is 0. The molecule has 158 valence electrons. The Kier molecular flexibility index (Phi) is 5.25. The summed E-state index contributed by atoms with van der Waals surface area (Å²) in [5.74, 6) is -0.578. The maximum atomic E-state index is 13.3. The lowest BCUT2D eigenvalue weighted by atomic mass is 10.1. The van der Waals surface area contributed by atoms with Crippen LogP contribution in [-0.4, -0.2) is 36.5 Å². The van der Waals surface area contributed by atoms with Gasteiger partial charge in [-0.25, -0.2) is 9.37 Å². The van der Waals surface area contributed by atoms with Crippen molar-refractivity contribution in [3.63, 3.8) is 0 Å². The maximum Gasteiger partial charge on any atom is 0.415 e. The highest BCUT2D eigenvalue weighted by molar-refractivity contribution is 7.59. The largest absolute Gasteiger partial charge is 0.436 e. The molecule has 1 atom stereocenters. The van der Waals surface area contributed by atoms with E-state index in [9.17, 15) is 14.5 Å². The van der Waals surface area contributed by atoms with Gasteiger partial charge >= 0.3 is 11.8 Å². The first kappa shape index (κ1) is 21.0. The molecule has 12 heteroatoms. The smallest absolute Gasteiger partial charge is 0.415 e. The Morgan fingerprint density at radius 1 is 1.40 bits per heavy atom. The van der Waals surface area contributed by atoms with E-state index in [4.69, 9.17) is 21.3 Å². The van der Waals surface area contributed by atoms with Crippen molar-refractivity contribution in [2.75, 3.05) is 6.54 Å². The number of thiazole rings is 1. The fourth-order valence-electron chi connectivity index (χ4n) is 3.83. The number of nitrogens with zero attached hydrogens (tertiary/aromatic N) is 5. The van der Waals surface area contributed by atoms with E-state index in [0.29, 0.717) is 24.7 Å². The van der Waals surface area contributed by atoms with Crippen LogP contribution in [0.25, 0.3) is 10.6 Å². The van der Waals surface area contributed by atoms with Gasteiger partial charge < -0.3 is 14.9 Å². The van der Waals surface area contributed by atoms with E-state index in [1.165, 1.54) is 18.3 Å². The normalized spacial score (nSPS) is 19.8. The number of hydrogen-bond acceptors (Lipinski definition) is 7. The number of benzene rings is 1. The van der Waals surface area contributed by atoms with E-state index >= 15 is 0 Å². The van der Waals surface area contributed by atoms with Crippen molar-refractivity contribution >= 4 is 42.3 Å². The predicted octanol–water partition coefficient (Wildman–Crippen LogP) is 3.99. The molecule has 0 radical (unpaired) electrons. The lowest BCUT2D eigenvalue weighted by Crippen LogP contribution is -2.43. The van der Waals surface area contributed by atoms with Crippen LogP contribution in [-0.2, 0) is 19.6 Å². The number of fused-ring (bicyclic) bond motifs is 2. The van der Waals surface area contributed by atoms with Crippen molar-refractivity contribution in [1.82, 2.24) is 19.4 Å². The van der Waals surface area contributed by atoms with Crippen LogP contribution in [0, 0.1) is 15.9 Å². The predicted molar refractivity (Wildman–Crippen MR) is 115 cm³/mol. The quantitative estimate of drug-likeness (QED) is 0.424. The number of halogens is 2. The second-order valence-electron chi connectivity index (χ2n) is 7.48. The van der Waals surface area contributed by atoms with E-state index < -0.39 is 10.5 Å². The zero-order valence-corrected chi connectivity index (χ0v) is 18.3. The van der Waals surface area contributed by atoms with E-state index in [-0.39, 0.29) is 31.1 Å². The van der Waals surface area contributed by atoms with Crippen molar-refractivity contribution in [1.29, 1.82) is 0 Å². The molecule has 0 aliphatic carbocycles. The molecule has 2 aliphatic heterocycles. The van der Waals surface area contributed by atoms with Crippen LogP contribution in [0.1, 0.15) is 17.5 Å². The number of nitro groups is 1. The Morgan fingerprint density at radius 2 is 2.20 bits per heavy atom. The van der Waals surface area contributed by atoms with Crippen molar-refractivity contribution in [2.24, 2.45) is 0 Å². The molecule has 0 spiro atoms. The summed E-state index contributed by atoms with van der Waals surface area (Å²) in [7, 11) is 0. The maximum absolute atomic E-state index is 13.3. The topological polar surface area (TPSA) is 86.3 Å². The molecule has 0 bridgehead atoms. The average molecular weight is 470 g/mol. The molecule has 0 amide bonds. The Labute approximate surface area is 186 Å². The van der Waals surface area contributed by atoms with Gasteiger partial charge in [0, 0.05) is 35.1 Å². The Hall–Kier alpha value is -2.21. The lowest BCUT2D eigenvalue weighted by molar-refractivity contribution is -0.389. The van der Waals surface area contributed by atoms with Crippen LogP contribution >= 0.6 is 36.4 Å². The molecule has 0 N–H and O–H groups in total. The molecular formula is C18H17ClFN5O3S2. The molecule has 0 saturated heterocycles. The first-order valence-corrected chi connectivity index (χ1v) is 10.1. The van der Waals surface area contributed by atoms with Gasteiger partial charge in [-0.15, -0.1) is 11.3 Å². The van der Waals surface area contributed by atoms with E-state index in [1.54, 1.807) is 22.0 Å². The minimum absolute atomic E-state index is 0. The molecular weight excluding hydrogens is 453 g/mol. The molecule has 1 aromatic carbocycles. The summed E-state index contributed by atoms with van der Waals surface area (Å²) in [6, 6.07) is 4.60. The van der Waals surface area contributed by atoms with Crippen molar-refractivity contribution in [2.45, 2.75) is 32.2 Å². The highest BCUT2D eigenvalue weighted by atomic mass is 35.5. The summed E-state index contributed by atoms with van der Waals surface area (Å²) < 4.78 is 20.9. The van der Waals surface area contributed by atoms with Crippen LogP contribution in [0.4, 0.5) is 10.2 Å². The van der Waals surface area contributed by atoms with Gasteiger partial charge in [0.05, 0.1) is 17.3 Å². The fraction of sp³-hybridized carbons (Fsp3) is 0.333. The number of rotatable bonds is 4. The van der Waals surface area contributed by atoms with Gasteiger partial charge in [-0.05, 0) is 30.0 Å². The second-order valence-corrected chi connectivity index (χ2v) is 8.97. The molecule has 0 unspecified atom stereocenters. The molecule has 8 nitrogen and oxygen atoms in total. The van der Waals surface area contributed by atoms with Crippen LogP contribution < -0.4 is 4.74 Å². The minimum atomic E-state index is -0.527. The van der Waals surface area contributed by atoms with E-state index in [0.717, 1.165) is 27.7 Å². The summed E-state index contributed by atoms with van der Waals surface area (Å²) in [4.78, 5) is 22.3. The first-order chi connectivity index (χ1) is 13.8. The van der Waals surface area contributed by atoms with E-state index in [1.807, 2.05) is 6.92 Å². The van der Waals surface area contributed by atoms with Crippen LogP contribution in [0.2, 0.25) is 5.02 Å². The van der Waals surface area contributed by atoms with Gasteiger partial charge in [0.2, 0.25) is 0 Å². The van der Waals surface area contributed by atoms with Crippen molar-refractivity contribution in [3.05, 3.63) is 55.9 Å². The molecule has 30 heavy (non-hydrogen) atoms. The van der Waals surface area contributed by atoms with Crippen molar-refractivity contribution < 1.29 is 14.1 Å². The molecule has 2 aliphatic rings. The molecule has 0 fully saturated rings. The first-order valence-electron chi connectivity index (χ1n) is 8.87. The highest BCUT2D eigenvalue weighted by Crippen LogP contribution is 2.38. The average Bonchev–Trinajstić information content (AvgIpc) is 3.33.